The molecule has 0 aliphatic carbocycles. The van der Waals surface area contributed by atoms with Gasteiger partial charge < -0.3 is 14.7 Å². The highest BCUT2D eigenvalue weighted by Gasteiger charge is 2.09. The highest BCUT2D eigenvalue weighted by molar-refractivity contribution is 6.31. The Bertz CT molecular complexity index is 528. The maximum atomic E-state index is 9.02. The lowest BCUT2D eigenvalue weighted by Crippen LogP contribution is -2.02. The average Bonchev–Trinajstić information content (AvgIpc) is 2.75. The van der Waals surface area contributed by atoms with Crippen LogP contribution in [0.4, 0.5) is 0 Å². The largest absolute Gasteiger partial charge is 0.493 e. The van der Waals surface area contributed by atoms with E-state index >= 15 is 0 Å². The Kier molecular flexibility index (Phi) is 3.94. The minimum Gasteiger partial charge on any atom is -0.493 e. The third-order valence-corrected chi connectivity index (χ3v) is 2.65. The lowest BCUT2D eigenvalue weighted by atomic mass is 10.2. The summed E-state index contributed by atoms with van der Waals surface area (Å²) < 4.78 is 10.9. The van der Waals surface area contributed by atoms with E-state index in [0.29, 0.717) is 28.1 Å². The van der Waals surface area contributed by atoms with Crippen LogP contribution >= 0.6 is 11.6 Å². The molecule has 0 aliphatic heterocycles. The third kappa shape index (κ3) is 2.87. The fourth-order valence-corrected chi connectivity index (χ4v) is 1.71. The molecule has 18 heavy (non-hydrogen) atoms. The zero-order chi connectivity index (χ0) is 13.0. The molecule has 1 aromatic heterocycles. The van der Waals surface area contributed by atoms with Crippen molar-refractivity contribution < 1.29 is 14.7 Å². The Morgan fingerprint density at radius 3 is 2.83 bits per heavy atom. The van der Waals surface area contributed by atoms with Crippen molar-refractivity contribution in [3.05, 3.63) is 41.0 Å². The van der Waals surface area contributed by atoms with E-state index in [1.807, 2.05) is 19.1 Å². The third-order valence-electron chi connectivity index (χ3n) is 2.29. The minimum atomic E-state index is 0.228. The number of nitrogens with zero attached hydrogens (tertiary/aromatic N) is 2. The Labute approximate surface area is 109 Å². The molecule has 0 bridgehead atoms. The smallest absolute Gasteiger partial charge is 0.236 e. The molecule has 5 nitrogen and oxygen atoms in total. The zero-order valence-corrected chi connectivity index (χ0v) is 10.6. The van der Waals surface area contributed by atoms with Gasteiger partial charge in [0.1, 0.15) is 12.4 Å². The van der Waals surface area contributed by atoms with Gasteiger partial charge in [0, 0.05) is 6.07 Å². The van der Waals surface area contributed by atoms with Crippen molar-refractivity contribution >= 4 is 11.6 Å². The first-order chi connectivity index (χ1) is 8.70. The van der Waals surface area contributed by atoms with E-state index in [4.69, 9.17) is 26.3 Å². The van der Waals surface area contributed by atoms with Crippen molar-refractivity contribution in [2.45, 2.75) is 13.5 Å². The fourth-order valence-electron chi connectivity index (χ4n) is 1.49. The number of halogens is 1. The Hall–Kier alpha value is -1.88. The van der Waals surface area contributed by atoms with Gasteiger partial charge in [-0.05, 0) is 19.1 Å². The topological polar surface area (TPSA) is 56.5 Å². The molecule has 0 aliphatic rings. The molecular weight excluding hydrogens is 256 g/mol. The summed E-state index contributed by atoms with van der Waals surface area (Å²) in [6.07, 6.45) is 1.38. The van der Waals surface area contributed by atoms with Crippen LogP contribution in [0.2, 0.25) is 5.02 Å². The van der Waals surface area contributed by atoms with Crippen LogP contribution in [0.5, 0.6) is 11.6 Å². The van der Waals surface area contributed by atoms with Crippen molar-refractivity contribution in [1.82, 2.24) is 9.94 Å². The molecule has 0 spiro atoms. The molecule has 0 radical (unpaired) electrons. The van der Waals surface area contributed by atoms with E-state index < -0.39 is 0 Å². The lowest BCUT2D eigenvalue weighted by molar-refractivity contribution is 0.141. The molecule has 0 saturated heterocycles. The first kappa shape index (κ1) is 12.6. The maximum absolute atomic E-state index is 9.02. The van der Waals surface area contributed by atoms with E-state index in [-0.39, 0.29) is 6.61 Å². The van der Waals surface area contributed by atoms with Crippen molar-refractivity contribution in [1.29, 1.82) is 0 Å². The fraction of sp³-hybridized carbons (Fsp3) is 0.250. The summed E-state index contributed by atoms with van der Waals surface area (Å²) in [6, 6.07) is 6.97. The molecule has 1 N–H and O–H groups in total. The molecule has 0 unspecified atom stereocenters. The van der Waals surface area contributed by atoms with Gasteiger partial charge in [-0.2, -0.15) is 0 Å². The summed E-state index contributed by atoms with van der Waals surface area (Å²) in [6.45, 7) is 2.68. The quantitative estimate of drug-likeness (QED) is 0.847. The summed E-state index contributed by atoms with van der Waals surface area (Å²) >= 11 is 6.10. The van der Waals surface area contributed by atoms with Crippen molar-refractivity contribution in [2.24, 2.45) is 0 Å². The SMILES string of the molecule is CCOc1cccc(Cl)c1COc1ccn(O)n1. The van der Waals surface area contributed by atoms with Gasteiger partial charge in [0.05, 0.1) is 23.4 Å². The van der Waals surface area contributed by atoms with E-state index in [1.165, 1.54) is 6.20 Å². The first-order valence-electron chi connectivity index (χ1n) is 5.48. The molecular formula is C12H13ClN2O3. The summed E-state index contributed by atoms with van der Waals surface area (Å²) in [5.41, 5.74) is 0.758. The van der Waals surface area contributed by atoms with E-state index in [9.17, 15) is 0 Å². The molecule has 0 saturated carbocycles. The van der Waals surface area contributed by atoms with Gasteiger partial charge in [0.15, 0.2) is 0 Å². The molecule has 0 amide bonds. The summed E-state index contributed by atoms with van der Waals surface area (Å²) in [4.78, 5) is 0.686. The van der Waals surface area contributed by atoms with Crippen LogP contribution in [0.3, 0.4) is 0 Å². The van der Waals surface area contributed by atoms with Crippen LogP contribution in [0.1, 0.15) is 12.5 Å². The van der Waals surface area contributed by atoms with E-state index in [1.54, 1.807) is 12.1 Å². The highest BCUT2D eigenvalue weighted by atomic mass is 35.5. The number of aromatic nitrogens is 2. The average molecular weight is 269 g/mol. The predicted octanol–water partition coefficient (Wildman–Crippen LogP) is 2.75. The van der Waals surface area contributed by atoms with Gasteiger partial charge in [-0.15, -0.1) is 4.85 Å². The van der Waals surface area contributed by atoms with E-state index in [2.05, 4.69) is 5.10 Å². The summed E-state index contributed by atoms with van der Waals surface area (Å²) in [5, 5.41) is 13.3. The molecule has 6 heteroatoms. The molecule has 0 atom stereocenters. The monoisotopic (exact) mass is 268 g/mol. The molecule has 2 rings (SSSR count). The van der Waals surface area contributed by atoms with Crippen LogP contribution in [0, 0.1) is 0 Å². The second-order valence-corrected chi connectivity index (χ2v) is 3.92. The van der Waals surface area contributed by atoms with Crippen molar-refractivity contribution in [3.8, 4) is 11.6 Å². The Morgan fingerprint density at radius 1 is 1.33 bits per heavy atom. The van der Waals surface area contributed by atoms with Crippen LogP contribution in [-0.4, -0.2) is 21.8 Å². The van der Waals surface area contributed by atoms with Crippen LogP contribution in [0.15, 0.2) is 30.5 Å². The molecule has 2 aromatic rings. The molecule has 0 fully saturated rings. The van der Waals surface area contributed by atoms with Crippen LogP contribution in [0.25, 0.3) is 0 Å². The van der Waals surface area contributed by atoms with E-state index in [0.717, 1.165) is 5.56 Å². The second-order valence-electron chi connectivity index (χ2n) is 3.51. The van der Waals surface area contributed by atoms with Gasteiger partial charge in [0.25, 0.3) is 0 Å². The minimum absolute atomic E-state index is 0.228. The van der Waals surface area contributed by atoms with Crippen molar-refractivity contribution in [2.75, 3.05) is 6.61 Å². The number of rotatable bonds is 5. The van der Waals surface area contributed by atoms with Gasteiger partial charge in [-0.3, -0.25) is 0 Å². The van der Waals surface area contributed by atoms with Crippen LogP contribution < -0.4 is 9.47 Å². The highest BCUT2D eigenvalue weighted by Crippen LogP contribution is 2.27. The summed E-state index contributed by atoms with van der Waals surface area (Å²) in [5.74, 6) is 1.01. The normalized spacial score (nSPS) is 10.3. The molecule has 1 aromatic carbocycles. The number of ether oxygens (including phenoxy) is 2. The number of benzene rings is 1. The zero-order valence-electron chi connectivity index (χ0n) is 9.84. The van der Waals surface area contributed by atoms with Gasteiger partial charge >= 0.3 is 0 Å². The number of hydrogen-bond donors (Lipinski definition) is 1. The molecule has 96 valence electrons. The lowest BCUT2D eigenvalue weighted by Gasteiger charge is -2.11. The predicted molar refractivity (Wildman–Crippen MR) is 66.4 cm³/mol. The number of hydrogen-bond acceptors (Lipinski definition) is 4. The van der Waals surface area contributed by atoms with Gasteiger partial charge in [-0.25, -0.2) is 0 Å². The Morgan fingerprint density at radius 2 is 2.17 bits per heavy atom. The first-order valence-corrected chi connectivity index (χ1v) is 5.86. The standard InChI is InChI=1S/C12H13ClN2O3/c1-2-17-11-5-3-4-10(13)9(11)8-18-12-6-7-15(16)14-12/h3-7,16H,2,8H2,1H3. The molecule has 1 heterocycles. The van der Waals surface area contributed by atoms with Crippen molar-refractivity contribution in [3.63, 3.8) is 0 Å². The Balaban J connectivity index is 2.12. The van der Waals surface area contributed by atoms with Gasteiger partial charge in [0.2, 0.25) is 5.88 Å². The summed E-state index contributed by atoms with van der Waals surface area (Å²) in [7, 11) is 0. The maximum Gasteiger partial charge on any atom is 0.236 e. The second kappa shape index (κ2) is 5.64. The van der Waals surface area contributed by atoms with Gasteiger partial charge in [-0.1, -0.05) is 22.8 Å². The van der Waals surface area contributed by atoms with Crippen LogP contribution in [-0.2, 0) is 6.61 Å².